The molecule has 6 heteroatoms. The van der Waals surface area contributed by atoms with Gasteiger partial charge in [-0.2, -0.15) is 4.98 Å². The normalized spacial score (nSPS) is 9.94. The van der Waals surface area contributed by atoms with Crippen LogP contribution in [-0.2, 0) is 0 Å². The van der Waals surface area contributed by atoms with E-state index in [9.17, 15) is 0 Å². The third kappa shape index (κ3) is 2.81. The largest absolute Gasteiger partial charge is 0.497 e. The van der Waals surface area contributed by atoms with Gasteiger partial charge in [-0.15, -0.1) is 0 Å². The summed E-state index contributed by atoms with van der Waals surface area (Å²) in [7, 11) is 3.33. The zero-order valence-corrected chi connectivity index (χ0v) is 10.7. The van der Waals surface area contributed by atoms with E-state index in [-0.39, 0.29) is 0 Å². The van der Waals surface area contributed by atoms with Crippen LogP contribution in [0.25, 0.3) is 0 Å². The Morgan fingerprint density at radius 3 is 2.44 bits per heavy atom. The van der Waals surface area contributed by atoms with Gasteiger partial charge in [-0.25, -0.2) is 4.98 Å². The topological polar surface area (TPSA) is 56.3 Å². The second-order valence-corrected chi connectivity index (χ2v) is 3.78. The second kappa shape index (κ2) is 5.55. The van der Waals surface area contributed by atoms with Crippen LogP contribution in [0.15, 0.2) is 30.5 Å². The Kier molecular flexibility index (Phi) is 3.84. The van der Waals surface area contributed by atoms with Crippen LogP contribution in [-0.4, -0.2) is 24.1 Å². The molecule has 0 bridgehead atoms. The monoisotopic (exact) mass is 265 g/mol. The fourth-order valence-corrected chi connectivity index (χ4v) is 1.43. The molecule has 0 unspecified atom stereocenters. The van der Waals surface area contributed by atoms with Crippen molar-refractivity contribution in [3.05, 3.63) is 35.5 Å². The number of halogens is 1. The van der Waals surface area contributed by atoms with Gasteiger partial charge in [0.25, 0.3) is 0 Å². The highest BCUT2D eigenvalue weighted by Crippen LogP contribution is 2.28. The molecular formula is C12H12ClN3O2. The smallest absolute Gasteiger partial charge is 0.243 e. The Morgan fingerprint density at radius 2 is 1.83 bits per heavy atom. The molecule has 0 atom stereocenters. The van der Waals surface area contributed by atoms with Crippen LogP contribution in [0.3, 0.4) is 0 Å². The molecule has 0 amide bonds. The quantitative estimate of drug-likeness (QED) is 0.921. The number of hydrogen-bond donors (Lipinski definition) is 1. The summed E-state index contributed by atoms with van der Waals surface area (Å²) in [6, 6.07) is 7.14. The van der Waals surface area contributed by atoms with Crippen LogP contribution in [0.5, 0.6) is 17.4 Å². The Morgan fingerprint density at radius 1 is 1.17 bits per heavy atom. The molecule has 0 saturated heterocycles. The molecule has 1 N–H and O–H groups in total. The van der Waals surface area contributed by atoms with E-state index in [1.807, 2.05) is 0 Å². The van der Waals surface area contributed by atoms with Crippen molar-refractivity contribution in [1.29, 1.82) is 0 Å². The number of rotatable bonds is 4. The van der Waals surface area contributed by atoms with Crippen LogP contribution in [0.1, 0.15) is 0 Å². The van der Waals surface area contributed by atoms with E-state index in [2.05, 4.69) is 15.3 Å². The summed E-state index contributed by atoms with van der Waals surface area (Å²) < 4.78 is 10.6. The lowest BCUT2D eigenvalue weighted by molar-refractivity contribution is 0.412. The van der Waals surface area contributed by atoms with Crippen LogP contribution >= 0.6 is 11.6 Å². The number of anilines is 1. The van der Waals surface area contributed by atoms with E-state index in [1.54, 1.807) is 38.4 Å². The molecule has 1 aromatic heterocycles. The lowest BCUT2D eigenvalue weighted by Gasteiger charge is -2.08. The predicted octanol–water partition coefficient (Wildman–Crippen LogP) is 2.97. The molecular weight excluding hydrogens is 254 g/mol. The van der Waals surface area contributed by atoms with Crippen LogP contribution in [0, 0.1) is 0 Å². The first-order valence-electron chi connectivity index (χ1n) is 5.25. The second-order valence-electron chi connectivity index (χ2n) is 3.37. The van der Waals surface area contributed by atoms with Crippen molar-refractivity contribution in [3.8, 4) is 17.4 Å². The number of methoxy groups -OCH3 is 1. The maximum atomic E-state index is 5.96. The van der Waals surface area contributed by atoms with Gasteiger partial charge in [0.2, 0.25) is 11.8 Å². The molecule has 1 heterocycles. The van der Waals surface area contributed by atoms with Gasteiger partial charge >= 0.3 is 0 Å². The van der Waals surface area contributed by atoms with Crippen LogP contribution < -0.4 is 14.8 Å². The molecule has 0 aliphatic heterocycles. The lowest BCUT2D eigenvalue weighted by Crippen LogP contribution is -1.98. The molecule has 2 aromatic rings. The fraction of sp³-hybridized carbons (Fsp3) is 0.167. The number of nitrogens with one attached hydrogen (secondary N) is 1. The summed E-state index contributed by atoms with van der Waals surface area (Å²) >= 11 is 5.96. The summed E-state index contributed by atoms with van der Waals surface area (Å²) in [5.74, 6) is 2.13. The zero-order chi connectivity index (χ0) is 13.0. The van der Waals surface area contributed by atoms with Crippen molar-refractivity contribution >= 4 is 17.5 Å². The highest BCUT2D eigenvalue weighted by molar-refractivity contribution is 6.31. The minimum atomic E-state index is 0.307. The third-order valence-electron chi connectivity index (χ3n) is 2.21. The molecule has 2 rings (SSSR count). The standard InChI is InChI=1S/C12H12ClN3O2/c1-14-12-15-7-10(13)11(16-12)18-9-5-3-8(17-2)4-6-9/h3-7H,1-2H3,(H,14,15,16). The molecule has 0 radical (unpaired) electrons. The number of aromatic nitrogens is 2. The van der Waals surface area contributed by atoms with Gasteiger partial charge < -0.3 is 14.8 Å². The van der Waals surface area contributed by atoms with Crippen molar-refractivity contribution in [2.24, 2.45) is 0 Å². The van der Waals surface area contributed by atoms with Gasteiger partial charge in [0.15, 0.2) is 0 Å². The summed E-state index contributed by atoms with van der Waals surface area (Å²) in [6.07, 6.45) is 1.49. The van der Waals surface area contributed by atoms with Crippen molar-refractivity contribution in [2.75, 3.05) is 19.5 Å². The first-order chi connectivity index (χ1) is 8.72. The van der Waals surface area contributed by atoms with E-state index in [1.165, 1.54) is 6.20 Å². The Balaban J connectivity index is 2.21. The van der Waals surface area contributed by atoms with Crippen LogP contribution in [0.4, 0.5) is 5.95 Å². The highest BCUT2D eigenvalue weighted by atomic mass is 35.5. The minimum absolute atomic E-state index is 0.307. The number of hydrogen-bond acceptors (Lipinski definition) is 5. The molecule has 0 aliphatic carbocycles. The van der Waals surface area contributed by atoms with Crippen molar-refractivity contribution in [3.63, 3.8) is 0 Å². The molecule has 0 fully saturated rings. The van der Waals surface area contributed by atoms with Gasteiger partial charge in [-0.1, -0.05) is 11.6 Å². The molecule has 18 heavy (non-hydrogen) atoms. The maximum absolute atomic E-state index is 5.96. The SMILES string of the molecule is CNc1ncc(Cl)c(Oc2ccc(OC)cc2)n1. The molecule has 1 aromatic carbocycles. The lowest BCUT2D eigenvalue weighted by atomic mass is 10.3. The van der Waals surface area contributed by atoms with Crippen LogP contribution in [0.2, 0.25) is 5.02 Å². The number of benzene rings is 1. The first kappa shape index (κ1) is 12.4. The summed E-state index contributed by atoms with van der Waals surface area (Å²) in [5.41, 5.74) is 0. The van der Waals surface area contributed by atoms with E-state index in [0.717, 1.165) is 5.75 Å². The van der Waals surface area contributed by atoms with Crippen molar-refractivity contribution in [2.45, 2.75) is 0 Å². The fourth-order valence-electron chi connectivity index (χ4n) is 1.30. The summed E-state index contributed by atoms with van der Waals surface area (Å²) in [4.78, 5) is 8.09. The summed E-state index contributed by atoms with van der Waals surface area (Å²) in [5, 5.41) is 3.17. The Bertz CT molecular complexity index is 531. The predicted molar refractivity (Wildman–Crippen MR) is 69.7 cm³/mol. The maximum Gasteiger partial charge on any atom is 0.243 e. The molecule has 0 aliphatic rings. The van der Waals surface area contributed by atoms with E-state index in [4.69, 9.17) is 21.1 Å². The van der Waals surface area contributed by atoms with Gasteiger partial charge in [-0.3, -0.25) is 0 Å². The van der Waals surface area contributed by atoms with E-state index in [0.29, 0.717) is 22.6 Å². The zero-order valence-electron chi connectivity index (χ0n) is 9.98. The third-order valence-corrected chi connectivity index (χ3v) is 2.47. The molecule has 0 saturated carbocycles. The average Bonchev–Trinajstić information content (AvgIpc) is 2.42. The van der Waals surface area contributed by atoms with E-state index >= 15 is 0 Å². The van der Waals surface area contributed by atoms with Gasteiger partial charge in [-0.05, 0) is 24.3 Å². The summed E-state index contributed by atoms with van der Waals surface area (Å²) in [6.45, 7) is 0. The average molecular weight is 266 g/mol. The number of nitrogens with zero attached hydrogens (tertiary/aromatic N) is 2. The first-order valence-corrected chi connectivity index (χ1v) is 5.63. The Hall–Kier alpha value is -2.01. The van der Waals surface area contributed by atoms with Gasteiger partial charge in [0.1, 0.15) is 16.5 Å². The van der Waals surface area contributed by atoms with E-state index < -0.39 is 0 Å². The van der Waals surface area contributed by atoms with Gasteiger partial charge in [0.05, 0.1) is 13.3 Å². The van der Waals surface area contributed by atoms with Crippen molar-refractivity contribution < 1.29 is 9.47 Å². The highest BCUT2D eigenvalue weighted by Gasteiger charge is 2.07. The minimum Gasteiger partial charge on any atom is -0.497 e. The van der Waals surface area contributed by atoms with Gasteiger partial charge in [0, 0.05) is 7.05 Å². The molecule has 5 nitrogen and oxygen atoms in total. The number of ether oxygens (including phenoxy) is 2. The van der Waals surface area contributed by atoms with Crippen molar-refractivity contribution in [1.82, 2.24) is 9.97 Å². The molecule has 0 spiro atoms. The molecule has 94 valence electrons. The Labute approximate surface area is 110 Å².